The Hall–Kier alpha value is -1.66. The van der Waals surface area contributed by atoms with E-state index in [1.165, 1.54) is 12.1 Å². The molecule has 1 N–H and O–H groups in total. The van der Waals surface area contributed by atoms with Crippen molar-refractivity contribution in [3.63, 3.8) is 0 Å². The van der Waals surface area contributed by atoms with Gasteiger partial charge in [-0.1, -0.05) is 11.6 Å². The predicted molar refractivity (Wildman–Crippen MR) is 71.8 cm³/mol. The van der Waals surface area contributed by atoms with E-state index in [2.05, 4.69) is 15.0 Å². The van der Waals surface area contributed by atoms with Crippen LogP contribution < -0.4 is 10.1 Å². The third-order valence-corrected chi connectivity index (χ3v) is 2.99. The molecule has 108 valence electrons. The molecule has 0 unspecified atom stereocenters. The van der Waals surface area contributed by atoms with Gasteiger partial charge in [0.2, 0.25) is 0 Å². The zero-order valence-corrected chi connectivity index (χ0v) is 11.6. The second-order valence-corrected chi connectivity index (χ2v) is 4.62. The average molecular weight is 302 g/mol. The van der Waals surface area contributed by atoms with Gasteiger partial charge in [0, 0.05) is 36.6 Å². The quantitative estimate of drug-likeness (QED) is 0.891. The number of aryl methyl sites for hydroxylation is 1. The number of alkyl halides is 2. The Kier molecular flexibility index (Phi) is 4.92. The first kappa shape index (κ1) is 14.7. The minimum Gasteiger partial charge on any atom is -0.434 e. The average Bonchev–Trinajstić information content (AvgIpc) is 2.78. The Morgan fingerprint density at radius 3 is 2.85 bits per heavy atom. The van der Waals surface area contributed by atoms with E-state index in [1.54, 1.807) is 12.3 Å². The maximum atomic E-state index is 12.3. The molecule has 1 aromatic carbocycles. The van der Waals surface area contributed by atoms with E-state index < -0.39 is 6.61 Å². The smallest absolute Gasteiger partial charge is 0.387 e. The summed E-state index contributed by atoms with van der Waals surface area (Å²) in [4.78, 5) is 4.16. The van der Waals surface area contributed by atoms with Gasteiger partial charge in [-0.2, -0.15) is 8.78 Å². The lowest BCUT2D eigenvalue weighted by atomic mass is 10.2. The van der Waals surface area contributed by atoms with Gasteiger partial charge >= 0.3 is 6.61 Å². The fourth-order valence-corrected chi connectivity index (χ4v) is 1.97. The third-order valence-electron chi connectivity index (χ3n) is 2.76. The van der Waals surface area contributed by atoms with Crippen molar-refractivity contribution in [2.75, 3.05) is 0 Å². The molecule has 1 heterocycles. The van der Waals surface area contributed by atoms with Crippen molar-refractivity contribution in [1.29, 1.82) is 0 Å². The van der Waals surface area contributed by atoms with E-state index >= 15 is 0 Å². The molecular formula is C13H14ClF2N3O. The van der Waals surface area contributed by atoms with Crippen LogP contribution in [0.25, 0.3) is 0 Å². The molecule has 0 atom stereocenters. The molecule has 0 amide bonds. The summed E-state index contributed by atoms with van der Waals surface area (Å²) in [6.45, 7) is -1.98. The molecular weight excluding hydrogens is 288 g/mol. The van der Waals surface area contributed by atoms with Crippen LogP contribution in [0.4, 0.5) is 8.78 Å². The van der Waals surface area contributed by atoms with Gasteiger partial charge in [0.1, 0.15) is 11.6 Å². The van der Waals surface area contributed by atoms with Crippen molar-refractivity contribution in [2.45, 2.75) is 19.7 Å². The molecule has 4 nitrogen and oxygen atoms in total. The van der Waals surface area contributed by atoms with Crippen LogP contribution in [-0.2, 0) is 20.1 Å². The molecule has 7 heteroatoms. The maximum absolute atomic E-state index is 12.3. The minimum atomic E-state index is -2.86. The van der Waals surface area contributed by atoms with Crippen LogP contribution >= 0.6 is 11.6 Å². The Labute approximate surface area is 120 Å². The number of benzene rings is 1. The first-order valence-corrected chi connectivity index (χ1v) is 6.34. The van der Waals surface area contributed by atoms with Gasteiger partial charge in [-0.3, -0.25) is 0 Å². The van der Waals surface area contributed by atoms with Crippen molar-refractivity contribution in [3.8, 4) is 5.75 Å². The van der Waals surface area contributed by atoms with Crippen molar-refractivity contribution < 1.29 is 13.5 Å². The SMILES string of the molecule is Cn1ccnc1CNCc1cc(Cl)ccc1OC(F)F. The van der Waals surface area contributed by atoms with Gasteiger partial charge < -0.3 is 14.6 Å². The molecule has 1 aromatic heterocycles. The summed E-state index contributed by atoms with van der Waals surface area (Å²) in [6.07, 6.45) is 3.53. The zero-order chi connectivity index (χ0) is 14.5. The highest BCUT2D eigenvalue weighted by Gasteiger charge is 2.10. The molecule has 0 saturated carbocycles. The largest absolute Gasteiger partial charge is 0.434 e. The second kappa shape index (κ2) is 6.67. The van der Waals surface area contributed by atoms with E-state index in [0.717, 1.165) is 5.82 Å². The Morgan fingerprint density at radius 1 is 1.40 bits per heavy atom. The molecule has 2 aromatic rings. The summed E-state index contributed by atoms with van der Waals surface area (Å²) in [5.74, 6) is 0.972. The van der Waals surface area contributed by atoms with Crippen molar-refractivity contribution in [1.82, 2.24) is 14.9 Å². The molecule has 2 rings (SSSR count). The fraction of sp³-hybridized carbons (Fsp3) is 0.308. The van der Waals surface area contributed by atoms with Crippen LogP contribution in [0.2, 0.25) is 5.02 Å². The molecule has 0 saturated heterocycles. The van der Waals surface area contributed by atoms with Crippen LogP contribution in [0.3, 0.4) is 0 Å². The first-order chi connectivity index (χ1) is 9.56. The lowest BCUT2D eigenvalue weighted by molar-refractivity contribution is -0.0505. The van der Waals surface area contributed by atoms with Gasteiger partial charge in [0.05, 0.1) is 6.54 Å². The van der Waals surface area contributed by atoms with E-state index in [0.29, 0.717) is 23.7 Å². The number of hydrogen-bond acceptors (Lipinski definition) is 3. The number of nitrogens with one attached hydrogen (secondary N) is 1. The van der Waals surface area contributed by atoms with Gasteiger partial charge in [0.25, 0.3) is 0 Å². The van der Waals surface area contributed by atoms with E-state index in [9.17, 15) is 8.78 Å². The number of nitrogens with zero attached hydrogens (tertiary/aromatic N) is 2. The predicted octanol–water partition coefficient (Wildman–Crippen LogP) is 2.96. The Bertz CT molecular complexity index is 574. The topological polar surface area (TPSA) is 39.1 Å². The number of aromatic nitrogens is 2. The number of imidazole rings is 1. The molecule has 0 radical (unpaired) electrons. The summed E-state index contributed by atoms with van der Waals surface area (Å²) in [5, 5.41) is 3.59. The molecule has 0 aliphatic carbocycles. The van der Waals surface area contributed by atoms with Gasteiger partial charge in [-0.05, 0) is 18.2 Å². The Morgan fingerprint density at radius 2 is 2.20 bits per heavy atom. The van der Waals surface area contributed by atoms with E-state index in [1.807, 2.05) is 17.8 Å². The molecule has 20 heavy (non-hydrogen) atoms. The summed E-state index contributed by atoms with van der Waals surface area (Å²) in [6, 6.07) is 4.55. The molecule has 0 fully saturated rings. The fourth-order valence-electron chi connectivity index (χ4n) is 1.77. The number of ether oxygens (including phenoxy) is 1. The van der Waals surface area contributed by atoms with E-state index in [-0.39, 0.29) is 5.75 Å². The van der Waals surface area contributed by atoms with Crippen LogP contribution in [0, 0.1) is 0 Å². The number of rotatable bonds is 6. The van der Waals surface area contributed by atoms with Crippen molar-refractivity contribution in [2.24, 2.45) is 7.05 Å². The molecule has 0 bridgehead atoms. The standard InChI is InChI=1S/C13H14ClF2N3O/c1-19-5-4-18-12(19)8-17-7-9-6-10(14)2-3-11(9)20-13(15)16/h2-6,13,17H,7-8H2,1H3. The third kappa shape index (κ3) is 3.91. The number of hydrogen-bond donors (Lipinski definition) is 1. The lowest BCUT2D eigenvalue weighted by Gasteiger charge is -2.12. The second-order valence-electron chi connectivity index (χ2n) is 4.19. The summed E-state index contributed by atoms with van der Waals surface area (Å²) >= 11 is 5.87. The van der Waals surface area contributed by atoms with E-state index in [4.69, 9.17) is 11.6 Å². The summed E-state index contributed by atoms with van der Waals surface area (Å²) in [7, 11) is 1.88. The molecule has 0 spiro atoms. The van der Waals surface area contributed by atoms with Gasteiger partial charge in [-0.15, -0.1) is 0 Å². The monoisotopic (exact) mass is 301 g/mol. The number of halogens is 3. The van der Waals surface area contributed by atoms with Gasteiger partial charge in [-0.25, -0.2) is 4.98 Å². The summed E-state index contributed by atoms with van der Waals surface area (Å²) in [5.41, 5.74) is 0.576. The zero-order valence-electron chi connectivity index (χ0n) is 10.8. The van der Waals surface area contributed by atoms with Crippen LogP contribution in [0.15, 0.2) is 30.6 Å². The van der Waals surface area contributed by atoms with Crippen molar-refractivity contribution >= 4 is 11.6 Å². The Balaban J connectivity index is 2.01. The van der Waals surface area contributed by atoms with Crippen molar-refractivity contribution in [3.05, 3.63) is 47.0 Å². The molecule has 0 aliphatic rings. The summed E-state index contributed by atoms with van der Waals surface area (Å²) < 4.78 is 31.0. The van der Waals surface area contributed by atoms with Gasteiger partial charge in [0.15, 0.2) is 0 Å². The highest BCUT2D eigenvalue weighted by Crippen LogP contribution is 2.24. The normalized spacial score (nSPS) is 11.1. The highest BCUT2D eigenvalue weighted by atomic mass is 35.5. The maximum Gasteiger partial charge on any atom is 0.387 e. The molecule has 0 aliphatic heterocycles. The minimum absolute atomic E-state index is 0.122. The highest BCUT2D eigenvalue weighted by molar-refractivity contribution is 6.30. The lowest BCUT2D eigenvalue weighted by Crippen LogP contribution is -2.17. The first-order valence-electron chi connectivity index (χ1n) is 5.96. The van der Waals surface area contributed by atoms with Crippen LogP contribution in [0.1, 0.15) is 11.4 Å². The van der Waals surface area contributed by atoms with Crippen LogP contribution in [-0.4, -0.2) is 16.2 Å². The van der Waals surface area contributed by atoms with Crippen LogP contribution in [0.5, 0.6) is 5.75 Å².